The van der Waals surface area contributed by atoms with E-state index in [4.69, 9.17) is 16.3 Å². The molecule has 1 N–H and O–H groups in total. The predicted molar refractivity (Wildman–Crippen MR) is 72.2 cm³/mol. The van der Waals surface area contributed by atoms with Crippen LogP contribution in [0.15, 0.2) is 12.3 Å². The number of hydrogen-bond donors (Lipinski definition) is 1. The van der Waals surface area contributed by atoms with Gasteiger partial charge in [0.25, 0.3) is 0 Å². The molecule has 0 amide bonds. The molecule has 1 aromatic heterocycles. The smallest absolute Gasteiger partial charge is 0.164 e. The van der Waals surface area contributed by atoms with Crippen LogP contribution in [0.5, 0.6) is 5.75 Å². The van der Waals surface area contributed by atoms with E-state index < -0.39 is 5.82 Å². The number of rotatable bonds is 4. The van der Waals surface area contributed by atoms with E-state index in [1.807, 2.05) is 0 Å². The molecule has 3 nitrogen and oxygen atoms in total. The lowest BCUT2D eigenvalue weighted by molar-refractivity contribution is 0.250. The molecule has 0 unspecified atom stereocenters. The summed E-state index contributed by atoms with van der Waals surface area (Å²) in [4.78, 5) is 3.70. The molecule has 18 heavy (non-hydrogen) atoms. The Labute approximate surface area is 117 Å². The van der Waals surface area contributed by atoms with Crippen molar-refractivity contribution in [2.45, 2.75) is 19.3 Å². The van der Waals surface area contributed by atoms with Crippen LogP contribution in [0.25, 0.3) is 0 Å². The van der Waals surface area contributed by atoms with Crippen LogP contribution in [0.1, 0.15) is 19.3 Å². The molecule has 0 radical (unpaired) electrons. The van der Waals surface area contributed by atoms with Crippen molar-refractivity contribution in [3.8, 4) is 5.75 Å². The molecule has 6 heteroatoms. The quantitative estimate of drug-likeness (QED) is 0.867. The molecular formula is C12H17Cl2FN2O. The zero-order valence-electron chi connectivity index (χ0n) is 9.99. The zero-order valence-corrected chi connectivity index (χ0v) is 11.6. The normalized spacial score (nSPS) is 16.1. The molecule has 1 saturated heterocycles. The number of halogens is 3. The highest BCUT2D eigenvalue weighted by Gasteiger charge is 2.12. The van der Waals surface area contributed by atoms with Gasteiger partial charge < -0.3 is 10.1 Å². The third-order valence-electron chi connectivity index (χ3n) is 3.02. The largest absolute Gasteiger partial charge is 0.492 e. The average Bonchev–Trinajstić information content (AvgIpc) is 2.35. The second kappa shape index (κ2) is 7.77. The monoisotopic (exact) mass is 294 g/mol. The molecule has 2 rings (SSSR count). The van der Waals surface area contributed by atoms with E-state index in [1.165, 1.54) is 25.1 Å². The van der Waals surface area contributed by atoms with Gasteiger partial charge in [-0.1, -0.05) is 11.6 Å². The van der Waals surface area contributed by atoms with Crippen LogP contribution in [0.4, 0.5) is 4.39 Å². The van der Waals surface area contributed by atoms with Gasteiger partial charge in [-0.25, -0.2) is 9.37 Å². The van der Waals surface area contributed by atoms with Gasteiger partial charge in [-0.05, 0) is 38.3 Å². The Hall–Kier alpha value is -0.580. The second-order valence-corrected chi connectivity index (χ2v) is 4.63. The van der Waals surface area contributed by atoms with Crippen molar-refractivity contribution in [3.63, 3.8) is 0 Å². The number of hydrogen-bond acceptors (Lipinski definition) is 3. The summed E-state index contributed by atoms with van der Waals surface area (Å²) in [6.45, 7) is 2.77. The van der Waals surface area contributed by atoms with Gasteiger partial charge in [0, 0.05) is 6.07 Å². The summed E-state index contributed by atoms with van der Waals surface area (Å²) < 4.78 is 18.5. The Balaban J connectivity index is 0.00000162. The van der Waals surface area contributed by atoms with Crippen LogP contribution in [0.2, 0.25) is 5.15 Å². The van der Waals surface area contributed by atoms with Gasteiger partial charge in [0.15, 0.2) is 11.0 Å². The number of aromatic nitrogens is 1. The highest BCUT2D eigenvalue weighted by atomic mass is 35.5. The molecule has 2 heterocycles. The Morgan fingerprint density at radius 1 is 1.44 bits per heavy atom. The number of nitrogens with one attached hydrogen (secondary N) is 1. The molecule has 0 saturated carbocycles. The fourth-order valence-electron chi connectivity index (χ4n) is 2.00. The average molecular weight is 295 g/mol. The van der Waals surface area contributed by atoms with E-state index in [9.17, 15) is 4.39 Å². The Bertz CT molecular complexity index is 373. The molecule has 102 valence electrons. The Morgan fingerprint density at radius 2 is 2.17 bits per heavy atom. The molecule has 1 fully saturated rings. The fourth-order valence-corrected chi connectivity index (χ4v) is 2.10. The van der Waals surface area contributed by atoms with Crippen LogP contribution in [0.3, 0.4) is 0 Å². The van der Waals surface area contributed by atoms with E-state index in [0.29, 0.717) is 18.3 Å². The second-order valence-electron chi connectivity index (χ2n) is 4.27. The van der Waals surface area contributed by atoms with Crippen LogP contribution < -0.4 is 10.1 Å². The minimum Gasteiger partial charge on any atom is -0.492 e. The minimum absolute atomic E-state index is 0. The summed E-state index contributed by atoms with van der Waals surface area (Å²) in [6.07, 6.45) is 4.84. The first kappa shape index (κ1) is 15.5. The summed E-state index contributed by atoms with van der Waals surface area (Å²) in [5.74, 6) is 0.619. The van der Waals surface area contributed by atoms with Crippen molar-refractivity contribution in [1.82, 2.24) is 10.3 Å². The lowest BCUT2D eigenvalue weighted by Gasteiger charge is -2.22. The summed E-state index contributed by atoms with van der Waals surface area (Å²) in [5.41, 5.74) is 0. The maximum atomic E-state index is 13.1. The third kappa shape index (κ3) is 4.59. The maximum Gasteiger partial charge on any atom is 0.164 e. The van der Waals surface area contributed by atoms with Gasteiger partial charge in [0.1, 0.15) is 5.75 Å². The standard InChI is InChI=1S/C12H16ClFN2O.ClH/c13-12-11(14)7-10(8-16-12)17-6-3-9-1-4-15-5-2-9;/h7-9,15H,1-6H2;1H. The summed E-state index contributed by atoms with van der Waals surface area (Å²) in [7, 11) is 0. The van der Waals surface area contributed by atoms with Crippen molar-refractivity contribution in [2.75, 3.05) is 19.7 Å². The van der Waals surface area contributed by atoms with Gasteiger partial charge >= 0.3 is 0 Å². The van der Waals surface area contributed by atoms with E-state index in [2.05, 4.69) is 10.3 Å². The van der Waals surface area contributed by atoms with Crippen molar-refractivity contribution < 1.29 is 9.13 Å². The van der Waals surface area contributed by atoms with E-state index in [-0.39, 0.29) is 17.6 Å². The van der Waals surface area contributed by atoms with Crippen molar-refractivity contribution in [2.24, 2.45) is 5.92 Å². The molecule has 0 aliphatic carbocycles. The topological polar surface area (TPSA) is 34.1 Å². The Morgan fingerprint density at radius 3 is 2.83 bits per heavy atom. The first-order valence-electron chi connectivity index (χ1n) is 5.90. The highest BCUT2D eigenvalue weighted by molar-refractivity contribution is 6.29. The lowest BCUT2D eigenvalue weighted by Crippen LogP contribution is -2.28. The van der Waals surface area contributed by atoms with Crippen molar-refractivity contribution in [3.05, 3.63) is 23.2 Å². The molecule has 0 bridgehead atoms. The fraction of sp³-hybridized carbons (Fsp3) is 0.583. The van der Waals surface area contributed by atoms with Gasteiger partial charge in [0.2, 0.25) is 0 Å². The SMILES string of the molecule is Cl.Fc1cc(OCCC2CCNCC2)cnc1Cl. The third-order valence-corrected chi connectivity index (χ3v) is 3.30. The minimum atomic E-state index is -0.536. The van der Waals surface area contributed by atoms with Gasteiger partial charge in [-0.2, -0.15) is 0 Å². The molecule has 1 aliphatic heterocycles. The molecular weight excluding hydrogens is 278 g/mol. The number of pyridine rings is 1. The molecule has 0 spiro atoms. The number of piperidine rings is 1. The van der Waals surface area contributed by atoms with Gasteiger partial charge in [-0.15, -0.1) is 12.4 Å². The van der Waals surface area contributed by atoms with Crippen LogP contribution >= 0.6 is 24.0 Å². The van der Waals surface area contributed by atoms with Gasteiger partial charge in [0.05, 0.1) is 12.8 Å². The summed E-state index contributed by atoms with van der Waals surface area (Å²) >= 11 is 5.49. The summed E-state index contributed by atoms with van der Waals surface area (Å²) in [6, 6.07) is 1.28. The van der Waals surface area contributed by atoms with Crippen molar-refractivity contribution >= 4 is 24.0 Å². The van der Waals surface area contributed by atoms with Crippen LogP contribution in [0, 0.1) is 11.7 Å². The molecule has 0 atom stereocenters. The van der Waals surface area contributed by atoms with Crippen LogP contribution in [-0.4, -0.2) is 24.7 Å². The summed E-state index contributed by atoms with van der Waals surface area (Å²) in [5, 5.41) is 3.21. The number of ether oxygens (including phenoxy) is 1. The molecule has 1 aliphatic rings. The first-order valence-corrected chi connectivity index (χ1v) is 6.28. The van der Waals surface area contributed by atoms with E-state index >= 15 is 0 Å². The van der Waals surface area contributed by atoms with Crippen molar-refractivity contribution in [1.29, 1.82) is 0 Å². The highest BCUT2D eigenvalue weighted by Crippen LogP contribution is 2.19. The van der Waals surface area contributed by atoms with E-state index in [0.717, 1.165) is 19.5 Å². The van der Waals surface area contributed by atoms with Crippen LogP contribution in [-0.2, 0) is 0 Å². The number of nitrogens with zero attached hydrogens (tertiary/aromatic N) is 1. The zero-order chi connectivity index (χ0) is 12.1. The maximum absolute atomic E-state index is 13.1. The Kier molecular flexibility index (Phi) is 6.68. The molecule has 1 aromatic rings. The van der Waals surface area contributed by atoms with E-state index in [1.54, 1.807) is 0 Å². The van der Waals surface area contributed by atoms with Gasteiger partial charge in [-0.3, -0.25) is 0 Å². The predicted octanol–water partition coefficient (Wildman–Crippen LogP) is 3.06. The lowest BCUT2D eigenvalue weighted by atomic mass is 9.95. The first-order chi connectivity index (χ1) is 8.25. The molecule has 0 aromatic carbocycles.